The van der Waals surface area contributed by atoms with Gasteiger partial charge in [-0.25, -0.2) is 4.39 Å². The molecule has 3 rings (SSSR count). The van der Waals surface area contributed by atoms with Crippen LogP contribution in [0.4, 0.5) is 10.1 Å². The molecule has 27 heavy (non-hydrogen) atoms. The molecule has 1 aromatic heterocycles. The Balaban J connectivity index is 1.53. The lowest BCUT2D eigenvalue weighted by Gasteiger charge is -2.34. The molecule has 1 aliphatic rings. The van der Waals surface area contributed by atoms with Crippen LogP contribution in [0.25, 0.3) is 0 Å². The van der Waals surface area contributed by atoms with Crippen LogP contribution in [0.15, 0.2) is 30.5 Å². The van der Waals surface area contributed by atoms with Crippen molar-refractivity contribution in [2.45, 2.75) is 13.1 Å². The average molecular weight is 377 g/mol. The van der Waals surface area contributed by atoms with Gasteiger partial charge < -0.3 is 9.64 Å². The van der Waals surface area contributed by atoms with Crippen molar-refractivity contribution in [1.29, 1.82) is 0 Å². The van der Waals surface area contributed by atoms with Crippen LogP contribution in [0.1, 0.15) is 5.56 Å². The minimum atomic E-state index is -0.599. The summed E-state index contributed by atoms with van der Waals surface area (Å²) >= 11 is 0. The molecule has 0 saturated carbocycles. The van der Waals surface area contributed by atoms with Gasteiger partial charge in [-0.05, 0) is 17.7 Å². The number of nitro groups is 1. The lowest BCUT2D eigenvalue weighted by Crippen LogP contribution is -2.49. The van der Waals surface area contributed by atoms with Crippen molar-refractivity contribution in [3.63, 3.8) is 0 Å². The zero-order valence-corrected chi connectivity index (χ0v) is 14.9. The van der Waals surface area contributed by atoms with Crippen LogP contribution in [-0.4, -0.2) is 63.7 Å². The molecule has 0 spiro atoms. The number of carbonyl (C=O) groups is 1. The molecule has 10 heteroatoms. The monoisotopic (exact) mass is 377 g/mol. The second-order valence-electron chi connectivity index (χ2n) is 6.27. The Morgan fingerprint density at radius 3 is 2.67 bits per heavy atom. The number of hydrogen-bond acceptors (Lipinski definition) is 6. The van der Waals surface area contributed by atoms with E-state index in [9.17, 15) is 19.3 Å². The van der Waals surface area contributed by atoms with Crippen LogP contribution in [0, 0.1) is 15.9 Å². The number of benzene rings is 1. The third-order valence-corrected chi connectivity index (χ3v) is 4.42. The SMILES string of the molecule is COc1nn(CC(=O)N2CCN(Cc3cccc(F)c3)CC2)cc1[N+](=O)[O-]. The number of hydrogen-bond donors (Lipinski definition) is 0. The highest BCUT2D eigenvalue weighted by Crippen LogP contribution is 2.24. The third-order valence-electron chi connectivity index (χ3n) is 4.42. The van der Waals surface area contributed by atoms with Crippen molar-refractivity contribution < 1.29 is 18.8 Å². The molecule has 0 N–H and O–H groups in total. The van der Waals surface area contributed by atoms with Gasteiger partial charge >= 0.3 is 11.6 Å². The smallest absolute Gasteiger partial charge is 0.350 e. The van der Waals surface area contributed by atoms with Crippen molar-refractivity contribution in [3.8, 4) is 5.88 Å². The number of halogens is 1. The maximum absolute atomic E-state index is 13.3. The van der Waals surface area contributed by atoms with E-state index in [1.54, 1.807) is 11.0 Å². The molecule has 0 atom stereocenters. The molecule has 0 radical (unpaired) electrons. The number of aromatic nitrogens is 2. The Morgan fingerprint density at radius 2 is 2.07 bits per heavy atom. The number of piperazine rings is 1. The van der Waals surface area contributed by atoms with E-state index in [4.69, 9.17) is 4.74 Å². The van der Waals surface area contributed by atoms with Gasteiger partial charge in [0, 0.05) is 32.7 Å². The molecule has 1 aliphatic heterocycles. The number of amides is 1. The fourth-order valence-corrected chi connectivity index (χ4v) is 3.03. The van der Waals surface area contributed by atoms with E-state index < -0.39 is 4.92 Å². The van der Waals surface area contributed by atoms with Crippen molar-refractivity contribution in [1.82, 2.24) is 19.6 Å². The summed E-state index contributed by atoms with van der Waals surface area (Å²) in [6, 6.07) is 6.48. The molecule has 1 amide bonds. The number of rotatable bonds is 6. The fraction of sp³-hybridized carbons (Fsp3) is 0.412. The highest BCUT2D eigenvalue weighted by Gasteiger charge is 2.24. The van der Waals surface area contributed by atoms with Crippen molar-refractivity contribution >= 4 is 11.6 Å². The van der Waals surface area contributed by atoms with Crippen molar-refractivity contribution in [3.05, 3.63) is 52.0 Å². The summed E-state index contributed by atoms with van der Waals surface area (Å²) < 4.78 is 19.4. The van der Waals surface area contributed by atoms with Crippen LogP contribution in [0.3, 0.4) is 0 Å². The Labute approximate surface area is 155 Å². The second-order valence-corrected chi connectivity index (χ2v) is 6.27. The molecule has 1 fully saturated rings. The molecule has 2 aromatic rings. The van der Waals surface area contributed by atoms with Gasteiger partial charge in [0.05, 0.1) is 12.0 Å². The number of nitrogens with zero attached hydrogens (tertiary/aromatic N) is 5. The topological polar surface area (TPSA) is 93.7 Å². The predicted molar refractivity (Wildman–Crippen MR) is 93.7 cm³/mol. The highest BCUT2D eigenvalue weighted by atomic mass is 19.1. The standard InChI is InChI=1S/C17H20FN5O4/c1-27-17-15(23(25)26)11-22(19-17)12-16(24)21-7-5-20(6-8-21)10-13-3-2-4-14(18)9-13/h2-4,9,11H,5-8,10,12H2,1H3. The van der Waals surface area contributed by atoms with Gasteiger partial charge in [0.1, 0.15) is 18.6 Å². The minimum Gasteiger partial charge on any atom is -0.475 e. The summed E-state index contributed by atoms with van der Waals surface area (Å²) in [4.78, 5) is 26.6. The zero-order valence-electron chi connectivity index (χ0n) is 14.9. The van der Waals surface area contributed by atoms with Gasteiger partial charge in [-0.2, -0.15) is 0 Å². The maximum Gasteiger partial charge on any atom is 0.350 e. The summed E-state index contributed by atoms with van der Waals surface area (Å²) in [6.07, 6.45) is 1.19. The first-order valence-electron chi connectivity index (χ1n) is 8.46. The minimum absolute atomic E-state index is 0.0892. The molecule has 144 valence electrons. The van der Waals surface area contributed by atoms with E-state index in [0.717, 1.165) is 5.56 Å². The van der Waals surface area contributed by atoms with Crippen LogP contribution in [0.5, 0.6) is 5.88 Å². The van der Waals surface area contributed by atoms with E-state index in [1.165, 1.54) is 30.1 Å². The molecular formula is C17H20FN5O4. The maximum atomic E-state index is 13.3. The van der Waals surface area contributed by atoms with E-state index in [2.05, 4.69) is 10.00 Å². The zero-order chi connectivity index (χ0) is 19.4. The van der Waals surface area contributed by atoms with Crippen LogP contribution < -0.4 is 4.74 Å². The molecular weight excluding hydrogens is 357 g/mol. The lowest BCUT2D eigenvalue weighted by molar-refractivity contribution is -0.385. The Bertz CT molecular complexity index is 832. The quantitative estimate of drug-likeness (QED) is 0.556. The van der Waals surface area contributed by atoms with Gasteiger partial charge in [-0.3, -0.25) is 24.5 Å². The fourth-order valence-electron chi connectivity index (χ4n) is 3.03. The Kier molecular flexibility index (Phi) is 5.65. The normalized spacial score (nSPS) is 15.0. The van der Waals surface area contributed by atoms with Gasteiger partial charge in [-0.1, -0.05) is 12.1 Å². The summed E-state index contributed by atoms with van der Waals surface area (Å²) in [5.41, 5.74) is 0.621. The Hall–Kier alpha value is -3.01. The second kappa shape index (κ2) is 8.12. The number of carbonyl (C=O) groups excluding carboxylic acids is 1. The first-order valence-corrected chi connectivity index (χ1v) is 8.46. The van der Waals surface area contributed by atoms with Gasteiger partial charge in [0.25, 0.3) is 0 Å². The van der Waals surface area contributed by atoms with E-state index in [1.807, 2.05) is 6.07 Å². The number of methoxy groups -OCH3 is 1. The van der Waals surface area contributed by atoms with Gasteiger partial charge in [-0.15, -0.1) is 5.10 Å². The summed E-state index contributed by atoms with van der Waals surface area (Å²) in [7, 11) is 1.29. The van der Waals surface area contributed by atoms with Crippen LogP contribution in [-0.2, 0) is 17.9 Å². The molecule has 9 nitrogen and oxygen atoms in total. The molecule has 2 heterocycles. The van der Waals surface area contributed by atoms with E-state index in [-0.39, 0.29) is 29.8 Å². The van der Waals surface area contributed by atoms with Crippen LogP contribution in [0.2, 0.25) is 0 Å². The molecule has 1 aromatic carbocycles. The molecule has 0 aliphatic carbocycles. The largest absolute Gasteiger partial charge is 0.475 e. The van der Waals surface area contributed by atoms with Crippen molar-refractivity contribution in [2.24, 2.45) is 0 Å². The summed E-state index contributed by atoms with van der Waals surface area (Å²) in [6.45, 7) is 2.95. The average Bonchev–Trinajstić information content (AvgIpc) is 3.05. The third kappa shape index (κ3) is 4.59. The Morgan fingerprint density at radius 1 is 1.33 bits per heavy atom. The molecule has 0 unspecified atom stereocenters. The summed E-state index contributed by atoms with van der Waals surface area (Å²) in [5, 5.41) is 14.9. The van der Waals surface area contributed by atoms with E-state index >= 15 is 0 Å². The van der Waals surface area contributed by atoms with Gasteiger partial charge in [0.15, 0.2) is 0 Å². The first kappa shape index (κ1) is 18.8. The molecule has 0 bridgehead atoms. The summed E-state index contributed by atoms with van der Waals surface area (Å²) in [5.74, 6) is -0.543. The van der Waals surface area contributed by atoms with E-state index in [0.29, 0.717) is 32.7 Å². The van der Waals surface area contributed by atoms with Gasteiger partial charge in [0.2, 0.25) is 5.91 Å². The number of ether oxygens (including phenoxy) is 1. The first-order chi connectivity index (χ1) is 13.0. The van der Waals surface area contributed by atoms with Crippen LogP contribution >= 0.6 is 0 Å². The lowest BCUT2D eigenvalue weighted by atomic mass is 10.2. The molecule has 1 saturated heterocycles. The highest BCUT2D eigenvalue weighted by molar-refractivity contribution is 5.76. The predicted octanol–water partition coefficient (Wildman–Crippen LogP) is 1.28. The van der Waals surface area contributed by atoms with Crippen molar-refractivity contribution in [2.75, 3.05) is 33.3 Å².